The van der Waals surface area contributed by atoms with Crippen LogP contribution in [0.5, 0.6) is 0 Å². The van der Waals surface area contributed by atoms with Gasteiger partial charge in [0.1, 0.15) is 0 Å². The second kappa shape index (κ2) is 4.62. The number of aromatic amines is 1. The van der Waals surface area contributed by atoms with E-state index in [9.17, 15) is 4.79 Å². The van der Waals surface area contributed by atoms with Gasteiger partial charge in [-0.25, -0.2) is 0 Å². The lowest BCUT2D eigenvalue weighted by Crippen LogP contribution is -2.36. The first-order chi connectivity index (χ1) is 8.13. The fourth-order valence-electron chi connectivity index (χ4n) is 2.09. The van der Waals surface area contributed by atoms with Gasteiger partial charge in [-0.2, -0.15) is 0 Å². The maximum absolute atomic E-state index is 12.3. The van der Waals surface area contributed by atoms with Gasteiger partial charge in [-0.1, -0.05) is 6.07 Å². The number of nitrogens with one attached hydrogen (secondary N) is 1. The Morgan fingerprint density at radius 3 is 2.76 bits per heavy atom. The van der Waals surface area contributed by atoms with Crippen LogP contribution >= 0.6 is 0 Å². The van der Waals surface area contributed by atoms with Crippen LogP contribution < -0.4 is 0 Å². The van der Waals surface area contributed by atoms with Crippen LogP contribution in [-0.4, -0.2) is 28.4 Å². The van der Waals surface area contributed by atoms with Gasteiger partial charge in [-0.15, -0.1) is 0 Å². The van der Waals surface area contributed by atoms with Crippen molar-refractivity contribution in [1.29, 1.82) is 0 Å². The summed E-state index contributed by atoms with van der Waals surface area (Å²) >= 11 is 0. The molecule has 0 bridgehead atoms. The lowest BCUT2D eigenvalue weighted by Gasteiger charge is -2.25. The molecule has 0 saturated carbocycles. The summed E-state index contributed by atoms with van der Waals surface area (Å²) in [5, 5.41) is 1.13. The van der Waals surface area contributed by atoms with Gasteiger partial charge in [0.05, 0.1) is 0 Å². The highest BCUT2D eigenvalue weighted by atomic mass is 16.2. The van der Waals surface area contributed by atoms with Gasteiger partial charge >= 0.3 is 0 Å². The van der Waals surface area contributed by atoms with Crippen LogP contribution in [0.1, 0.15) is 31.1 Å². The fraction of sp³-hybridized carbons (Fsp3) is 0.357. The number of rotatable bonds is 3. The number of benzene rings is 1. The van der Waals surface area contributed by atoms with E-state index < -0.39 is 0 Å². The predicted molar refractivity (Wildman–Crippen MR) is 70.1 cm³/mol. The van der Waals surface area contributed by atoms with Crippen molar-refractivity contribution in [1.82, 2.24) is 9.88 Å². The van der Waals surface area contributed by atoms with Crippen molar-refractivity contribution >= 4 is 16.8 Å². The molecule has 1 N–H and O–H groups in total. The van der Waals surface area contributed by atoms with Crippen molar-refractivity contribution in [2.24, 2.45) is 0 Å². The summed E-state index contributed by atoms with van der Waals surface area (Å²) in [6.45, 7) is 6.81. The first-order valence-corrected chi connectivity index (χ1v) is 6.01. The number of fused-ring (bicyclic) bond motifs is 1. The van der Waals surface area contributed by atoms with Crippen LogP contribution in [0, 0.1) is 0 Å². The zero-order valence-corrected chi connectivity index (χ0v) is 10.5. The zero-order chi connectivity index (χ0) is 12.4. The standard InChI is InChI=1S/C14H18N2O/c1-4-16(10(2)3)14(17)12-6-5-11-7-8-15-13(11)9-12/h5-10,15H,4H2,1-3H3. The Kier molecular flexibility index (Phi) is 3.18. The molecule has 3 nitrogen and oxygen atoms in total. The molecule has 0 aliphatic carbocycles. The van der Waals surface area contributed by atoms with E-state index in [0.29, 0.717) is 0 Å². The lowest BCUT2D eigenvalue weighted by molar-refractivity contribution is 0.0717. The monoisotopic (exact) mass is 230 g/mol. The summed E-state index contributed by atoms with van der Waals surface area (Å²) in [6, 6.07) is 8.02. The van der Waals surface area contributed by atoms with Crippen molar-refractivity contribution in [3.05, 3.63) is 36.0 Å². The average molecular weight is 230 g/mol. The first-order valence-electron chi connectivity index (χ1n) is 6.01. The molecule has 0 aliphatic heterocycles. The third-order valence-corrected chi connectivity index (χ3v) is 3.03. The van der Waals surface area contributed by atoms with Crippen molar-refractivity contribution in [2.75, 3.05) is 6.54 Å². The van der Waals surface area contributed by atoms with Crippen LogP contribution in [-0.2, 0) is 0 Å². The predicted octanol–water partition coefficient (Wildman–Crippen LogP) is 3.04. The number of aromatic nitrogens is 1. The Balaban J connectivity index is 2.35. The minimum atomic E-state index is 0.0963. The summed E-state index contributed by atoms with van der Waals surface area (Å²) < 4.78 is 0. The van der Waals surface area contributed by atoms with E-state index in [-0.39, 0.29) is 11.9 Å². The third-order valence-electron chi connectivity index (χ3n) is 3.03. The number of H-pyrrole nitrogens is 1. The molecule has 3 heteroatoms. The highest BCUT2D eigenvalue weighted by Gasteiger charge is 2.17. The number of carbonyl (C=O) groups is 1. The Bertz CT molecular complexity index is 528. The Morgan fingerprint density at radius 1 is 1.35 bits per heavy atom. The van der Waals surface area contributed by atoms with Crippen molar-refractivity contribution in [3.63, 3.8) is 0 Å². The second-order valence-electron chi connectivity index (χ2n) is 4.46. The van der Waals surface area contributed by atoms with Gasteiger partial charge in [0.25, 0.3) is 5.91 Å². The number of carbonyl (C=O) groups excluding carboxylic acids is 1. The van der Waals surface area contributed by atoms with Crippen LogP contribution in [0.15, 0.2) is 30.5 Å². The lowest BCUT2D eigenvalue weighted by atomic mass is 10.1. The van der Waals surface area contributed by atoms with Gasteiger partial charge in [0.2, 0.25) is 0 Å². The molecular weight excluding hydrogens is 212 g/mol. The molecule has 0 unspecified atom stereocenters. The molecule has 0 radical (unpaired) electrons. The van der Waals surface area contributed by atoms with Crippen LogP contribution in [0.4, 0.5) is 0 Å². The normalized spacial score (nSPS) is 11.1. The van der Waals surface area contributed by atoms with E-state index in [4.69, 9.17) is 0 Å². The summed E-state index contributed by atoms with van der Waals surface area (Å²) in [5.74, 6) is 0.0963. The Morgan fingerprint density at radius 2 is 2.12 bits per heavy atom. The topological polar surface area (TPSA) is 36.1 Å². The van der Waals surface area contributed by atoms with Crippen molar-refractivity contribution in [3.8, 4) is 0 Å². The number of hydrogen-bond acceptors (Lipinski definition) is 1. The maximum Gasteiger partial charge on any atom is 0.254 e. The van der Waals surface area contributed by atoms with E-state index >= 15 is 0 Å². The fourth-order valence-corrected chi connectivity index (χ4v) is 2.09. The molecule has 1 aromatic heterocycles. The van der Waals surface area contributed by atoms with Gasteiger partial charge in [-0.3, -0.25) is 4.79 Å². The molecule has 2 rings (SSSR count). The van der Waals surface area contributed by atoms with E-state index in [2.05, 4.69) is 4.98 Å². The van der Waals surface area contributed by atoms with Gasteiger partial charge in [-0.05, 0) is 44.4 Å². The molecular formula is C14H18N2O. The van der Waals surface area contributed by atoms with E-state index in [1.54, 1.807) is 0 Å². The molecule has 0 fully saturated rings. The number of nitrogens with zero attached hydrogens (tertiary/aromatic N) is 1. The smallest absolute Gasteiger partial charge is 0.254 e. The van der Waals surface area contributed by atoms with Gasteiger partial charge in [0, 0.05) is 29.9 Å². The van der Waals surface area contributed by atoms with Crippen LogP contribution in [0.3, 0.4) is 0 Å². The first kappa shape index (κ1) is 11.7. The molecule has 0 atom stereocenters. The minimum absolute atomic E-state index is 0.0963. The molecule has 2 aromatic rings. The highest BCUT2D eigenvalue weighted by molar-refractivity contribution is 5.98. The molecule has 0 spiro atoms. The molecule has 90 valence electrons. The van der Waals surface area contributed by atoms with Crippen LogP contribution in [0.25, 0.3) is 10.9 Å². The Hall–Kier alpha value is -1.77. The number of hydrogen-bond donors (Lipinski definition) is 1. The van der Waals surface area contributed by atoms with E-state index in [1.807, 2.05) is 56.1 Å². The molecule has 0 saturated heterocycles. The maximum atomic E-state index is 12.3. The molecule has 1 heterocycles. The molecule has 0 aliphatic rings. The van der Waals surface area contributed by atoms with Crippen LogP contribution in [0.2, 0.25) is 0 Å². The molecule has 17 heavy (non-hydrogen) atoms. The Labute approximate surface area is 101 Å². The summed E-state index contributed by atoms with van der Waals surface area (Å²) in [5.41, 5.74) is 1.76. The molecule has 1 amide bonds. The minimum Gasteiger partial charge on any atom is -0.361 e. The van der Waals surface area contributed by atoms with Gasteiger partial charge in [0.15, 0.2) is 0 Å². The zero-order valence-electron chi connectivity index (χ0n) is 10.5. The third kappa shape index (κ3) is 2.18. The SMILES string of the molecule is CCN(C(=O)c1ccc2cc[nH]c2c1)C(C)C. The summed E-state index contributed by atoms with van der Waals surface area (Å²) in [4.78, 5) is 17.3. The second-order valence-corrected chi connectivity index (χ2v) is 4.46. The van der Waals surface area contributed by atoms with Gasteiger partial charge < -0.3 is 9.88 Å². The largest absolute Gasteiger partial charge is 0.361 e. The van der Waals surface area contributed by atoms with Crippen molar-refractivity contribution < 1.29 is 4.79 Å². The highest BCUT2D eigenvalue weighted by Crippen LogP contribution is 2.16. The number of amides is 1. The summed E-state index contributed by atoms with van der Waals surface area (Å²) in [7, 11) is 0. The molecule has 1 aromatic carbocycles. The van der Waals surface area contributed by atoms with Crippen molar-refractivity contribution in [2.45, 2.75) is 26.8 Å². The van der Waals surface area contributed by atoms with E-state index in [0.717, 1.165) is 23.0 Å². The summed E-state index contributed by atoms with van der Waals surface area (Å²) in [6.07, 6.45) is 1.89. The van der Waals surface area contributed by atoms with E-state index in [1.165, 1.54) is 0 Å². The average Bonchev–Trinajstić information content (AvgIpc) is 2.75. The quantitative estimate of drug-likeness (QED) is 0.864.